The standard InChI is InChI=1S/C19H23NO3/c1-13-6-8-14(9-7-13)18(21)20-19(2,3)15-10-11-16(22-4)17(12-15)23-5/h6-12H,1-5H3,(H,20,21). The van der Waals surface area contributed by atoms with Crippen molar-refractivity contribution in [2.75, 3.05) is 14.2 Å². The van der Waals surface area contributed by atoms with Crippen molar-refractivity contribution in [3.05, 3.63) is 59.2 Å². The zero-order valence-corrected chi connectivity index (χ0v) is 14.3. The number of hydrogen-bond acceptors (Lipinski definition) is 3. The van der Waals surface area contributed by atoms with Crippen LogP contribution in [0.3, 0.4) is 0 Å². The average Bonchev–Trinajstić information content (AvgIpc) is 2.54. The molecule has 0 unspecified atom stereocenters. The van der Waals surface area contributed by atoms with Gasteiger partial charge in [0, 0.05) is 5.56 Å². The Bertz CT molecular complexity index is 690. The first-order valence-electron chi connectivity index (χ1n) is 7.49. The highest BCUT2D eigenvalue weighted by Gasteiger charge is 2.24. The van der Waals surface area contributed by atoms with Crippen LogP contribution in [-0.2, 0) is 5.54 Å². The number of nitrogens with one attached hydrogen (secondary N) is 1. The maximum Gasteiger partial charge on any atom is 0.251 e. The molecule has 0 saturated heterocycles. The third-order valence-corrected chi connectivity index (χ3v) is 3.85. The summed E-state index contributed by atoms with van der Waals surface area (Å²) < 4.78 is 10.6. The normalized spacial score (nSPS) is 11.0. The van der Waals surface area contributed by atoms with Crippen molar-refractivity contribution < 1.29 is 14.3 Å². The molecule has 0 radical (unpaired) electrons. The van der Waals surface area contributed by atoms with Gasteiger partial charge in [-0.15, -0.1) is 0 Å². The molecule has 0 atom stereocenters. The lowest BCUT2D eigenvalue weighted by atomic mass is 9.93. The molecule has 0 bridgehead atoms. The number of carbonyl (C=O) groups is 1. The molecule has 0 fully saturated rings. The van der Waals surface area contributed by atoms with Crippen LogP contribution in [0.2, 0.25) is 0 Å². The number of methoxy groups -OCH3 is 2. The molecule has 2 aromatic rings. The van der Waals surface area contributed by atoms with E-state index in [2.05, 4.69) is 5.32 Å². The van der Waals surface area contributed by atoms with Crippen LogP contribution in [0.25, 0.3) is 0 Å². The van der Waals surface area contributed by atoms with Gasteiger partial charge in [-0.3, -0.25) is 4.79 Å². The molecule has 0 spiro atoms. The van der Waals surface area contributed by atoms with Gasteiger partial charge in [-0.05, 0) is 50.6 Å². The average molecular weight is 313 g/mol. The van der Waals surface area contributed by atoms with E-state index < -0.39 is 5.54 Å². The number of ether oxygens (including phenoxy) is 2. The summed E-state index contributed by atoms with van der Waals surface area (Å²) in [6, 6.07) is 13.2. The molecule has 0 aliphatic rings. The zero-order chi connectivity index (χ0) is 17.0. The fourth-order valence-corrected chi connectivity index (χ4v) is 2.36. The predicted octanol–water partition coefficient (Wildman–Crippen LogP) is 3.68. The van der Waals surface area contributed by atoms with Gasteiger partial charge in [0.1, 0.15) is 0 Å². The van der Waals surface area contributed by atoms with E-state index in [1.54, 1.807) is 14.2 Å². The molecule has 0 aliphatic heterocycles. The van der Waals surface area contributed by atoms with Crippen LogP contribution in [0.4, 0.5) is 0 Å². The first-order chi connectivity index (χ1) is 10.9. The molecule has 0 saturated carbocycles. The molecule has 0 aliphatic carbocycles. The summed E-state index contributed by atoms with van der Waals surface area (Å²) >= 11 is 0. The molecule has 23 heavy (non-hydrogen) atoms. The Kier molecular flexibility index (Phi) is 4.94. The van der Waals surface area contributed by atoms with E-state index in [1.165, 1.54) is 0 Å². The van der Waals surface area contributed by atoms with E-state index in [-0.39, 0.29) is 5.91 Å². The lowest BCUT2D eigenvalue weighted by molar-refractivity contribution is 0.0912. The predicted molar refractivity (Wildman–Crippen MR) is 91.2 cm³/mol. The first kappa shape index (κ1) is 16.9. The smallest absolute Gasteiger partial charge is 0.251 e. The third-order valence-electron chi connectivity index (χ3n) is 3.85. The monoisotopic (exact) mass is 313 g/mol. The number of rotatable bonds is 5. The Hall–Kier alpha value is -2.49. The van der Waals surface area contributed by atoms with Gasteiger partial charge < -0.3 is 14.8 Å². The zero-order valence-electron chi connectivity index (χ0n) is 14.3. The van der Waals surface area contributed by atoms with E-state index in [0.29, 0.717) is 17.1 Å². The number of hydrogen-bond donors (Lipinski definition) is 1. The van der Waals surface area contributed by atoms with Gasteiger partial charge in [-0.25, -0.2) is 0 Å². The van der Waals surface area contributed by atoms with Crippen LogP contribution < -0.4 is 14.8 Å². The van der Waals surface area contributed by atoms with Crippen molar-refractivity contribution in [3.8, 4) is 11.5 Å². The number of benzene rings is 2. The minimum atomic E-state index is -0.540. The van der Waals surface area contributed by atoms with Crippen LogP contribution in [0.5, 0.6) is 11.5 Å². The summed E-state index contributed by atoms with van der Waals surface area (Å²) in [5.74, 6) is 1.20. The second-order valence-corrected chi connectivity index (χ2v) is 6.01. The first-order valence-corrected chi connectivity index (χ1v) is 7.49. The molecule has 122 valence electrons. The van der Waals surface area contributed by atoms with E-state index in [1.807, 2.05) is 63.2 Å². The van der Waals surface area contributed by atoms with Crippen molar-refractivity contribution in [2.45, 2.75) is 26.3 Å². The summed E-state index contributed by atoms with van der Waals surface area (Å²) in [5.41, 5.74) is 2.17. The van der Waals surface area contributed by atoms with Gasteiger partial charge in [0.05, 0.1) is 19.8 Å². The summed E-state index contributed by atoms with van der Waals surface area (Å²) in [6.45, 7) is 5.91. The molecule has 4 heteroatoms. The van der Waals surface area contributed by atoms with E-state index in [0.717, 1.165) is 11.1 Å². The second kappa shape index (κ2) is 6.73. The van der Waals surface area contributed by atoms with E-state index >= 15 is 0 Å². The number of carbonyl (C=O) groups excluding carboxylic acids is 1. The Morgan fingerprint density at radius 2 is 1.57 bits per heavy atom. The van der Waals surface area contributed by atoms with Crippen molar-refractivity contribution in [1.29, 1.82) is 0 Å². The van der Waals surface area contributed by atoms with Crippen LogP contribution >= 0.6 is 0 Å². The summed E-state index contributed by atoms with van der Waals surface area (Å²) in [5, 5.41) is 3.06. The highest BCUT2D eigenvalue weighted by Crippen LogP contribution is 2.32. The Labute approximate surface area is 137 Å². The maximum atomic E-state index is 12.5. The van der Waals surface area contributed by atoms with Crippen molar-refractivity contribution in [2.24, 2.45) is 0 Å². The fraction of sp³-hybridized carbons (Fsp3) is 0.316. The highest BCUT2D eigenvalue weighted by atomic mass is 16.5. The number of amides is 1. The third kappa shape index (κ3) is 3.83. The summed E-state index contributed by atoms with van der Waals surface area (Å²) in [6.07, 6.45) is 0. The molecule has 2 aromatic carbocycles. The molecule has 4 nitrogen and oxygen atoms in total. The Balaban J connectivity index is 2.24. The molecule has 1 N–H and O–H groups in total. The Morgan fingerprint density at radius 3 is 2.13 bits per heavy atom. The molecule has 0 aromatic heterocycles. The summed E-state index contributed by atoms with van der Waals surface area (Å²) in [4.78, 5) is 12.5. The second-order valence-electron chi connectivity index (χ2n) is 6.01. The molecular formula is C19H23NO3. The lowest BCUT2D eigenvalue weighted by Gasteiger charge is -2.27. The largest absolute Gasteiger partial charge is 0.493 e. The highest BCUT2D eigenvalue weighted by molar-refractivity contribution is 5.94. The maximum absolute atomic E-state index is 12.5. The van der Waals surface area contributed by atoms with Crippen LogP contribution in [0.15, 0.2) is 42.5 Å². The minimum absolute atomic E-state index is 0.107. The van der Waals surface area contributed by atoms with Crippen molar-refractivity contribution in [3.63, 3.8) is 0 Å². The van der Waals surface area contributed by atoms with Crippen molar-refractivity contribution >= 4 is 5.91 Å². The topological polar surface area (TPSA) is 47.6 Å². The molecular weight excluding hydrogens is 290 g/mol. The SMILES string of the molecule is COc1ccc(C(C)(C)NC(=O)c2ccc(C)cc2)cc1OC. The molecule has 2 rings (SSSR count). The van der Waals surface area contributed by atoms with Crippen LogP contribution in [0.1, 0.15) is 35.3 Å². The van der Waals surface area contributed by atoms with Gasteiger partial charge in [0.2, 0.25) is 0 Å². The molecule has 1 amide bonds. The van der Waals surface area contributed by atoms with Crippen LogP contribution in [0, 0.1) is 6.92 Å². The minimum Gasteiger partial charge on any atom is -0.493 e. The van der Waals surface area contributed by atoms with Crippen molar-refractivity contribution in [1.82, 2.24) is 5.32 Å². The quantitative estimate of drug-likeness (QED) is 0.916. The lowest BCUT2D eigenvalue weighted by Crippen LogP contribution is -2.41. The van der Waals surface area contributed by atoms with Gasteiger partial charge in [-0.2, -0.15) is 0 Å². The van der Waals surface area contributed by atoms with E-state index in [4.69, 9.17) is 9.47 Å². The van der Waals surface area contributed by atoms with Gasteiger partial charge in [0.25, 0.3) is 5.91 Å². The van der Waals surface area contributed by atoms with E-state index in [9.17, 15) is 4.79 Å². The fourth-order valence-electron chi connectivity index (χ4n) is 2.36. The van der Waals surface area contributed by atoms with Crippen LogP contribution in [-0.4, -0.2) is 20.1 Å². The number of aryl methyl sites for hydroxylation is 1. The summed E-state index contributed by atoms with van der Waals surface area (Å²) in [7, 11) is 3.20. The van der Waals surface area contributed by atoms with Gasteiger partial charge in [0.15, 0.2) is 11.5 Å². The molecule has 0 heterocycles. The van der Waals surface area contributed by atoms with Gasteiger partial charge in [-0.1, -0.05) is 23.8 Å². The van der Waals surface area contributed by atoms with Gasteiger partial charge >= 0.3 is 0 Å². The Morgan fingerprint density at radius 1 is 0.957 bits per heavy atom.